The van der Waals surface area contributed by atoms with Gasteiger partial charge in [0.1, 0.15) is 18.7 Å². The molecule has 2 N–H and O–H groups in total. The number of ether oxygens (including phenoxy) is 2. The van der Waals surface area contributed by atoms with Crippen LogP contribution in [0.1, 0.15) is 29.9 Å². The van der Waals surface area contributed by atoms with Gasteiger partial charge in [0.25, 0.3) is 0 Å². The molecule has 1 aliphatic carbocycles. The SMILES string of the molecule is COC1CC(C(=O)O)N(C(=O)C(CCSC)NC(=O)OCC2c3ccccc3-c3ccccc32)C1. The Morgan fingerprint density at radius 3 is 2.31 bits per heavy atom. The standard InChI is InChI=1S/C26H30N2O6S/c1-33-16-13-23(25(30)31)28(14-16)24(29)22(11-12-35-2)27-26(32)34-15-21-19-9-5-3-7-17(19)18-8-4-6-10-20(18)21/h3-10,16,21-23H,11-15H2,1-2H3,(H,27,32)(H,30,31). The van der Waals surface area contributed by atoms with Crippen LogP contribution in [0.25, 0.3) is 11.1 Å². The van der Waals surface area contributed by atoms with Crippen LogP contribution in [-0.2, 0) is 19.1 Å². The van der Waals surface area contributed by atoms with Crippen molar-refractivity contribution in [2.75, 3.05) is 32.3 Å². The second-order valence-electron chi connectivity index (χ2n) is 8.74. The summed E-state index contributed by atoms with van der Waals surface area (Å²) in [6, 6.07) is 14.3. The lowest BCUT2D eigenvalue weighted by Crippen LogP contribution is -2.52. The van der Waals surface area contributed by atoms with Crippen molar-refractivity contribution in [3.8, 4) is 11.1 Å². The van der Waals surface area contributed by atoms with Gasteiger partial charge in [-0.15, -0.1) is 0 Å². The Morgan fingerprint density at radius 1 is 1.11 bits per heavy atom. The number of carbonyl (C=O) groups excluding carboxylic acids is 2. The maximum Gasteiger partial charge on any atom is 0.407 e. The number of hydrogen-bond donors (Lipinski definition) is 2. The van der Waals surface area contributed by atoms with Crippen LogP contribution in [0.5, 0.6) is 0 Å². The zero-order chi connectivity index (χ0) is 24.9. The Hall–Kier alpha value is -3.04. The van der Waals surface area contributed by atoms with Gasteiger partial charge in [-0.1, -0.05) is 48.5 Å². The van der Waals surface area contributed by atoms with Crippen LogP contribution >= 0.6 is 11.8 Å². The molecule has 8 nitrogen and oxygen atoms in total. The predicted octanol–water partition coefficient (Wildman–Crippen LogP) is 3.35. The third-order valence-corrected chi connectivity index (χ3v) is 7.35. The van der Waals surface area contributed by atoms with Crippen LogP contribution in [0.3, 0.4) is 0 Å². The fourth-order valence-electron chi connectivity index (χ4n) is 4.92. The minimum atomic E-state index is -1.08. The van der Waals surface area contributed by atoms with Crippen molar-refractivity contribution >= 4 is 29.7 Å². The number of aliphatic carboxylic acids is 1. The van der Waals surface area contributed by atoms with Crippen LogP contribution in [0, 0.1) is 0 Å². The normalized spacial score (nSPS) is 19.7. The monoisotopic (exact) mass is 498 g/mol. The van der Waals surface area contributed by atoms with E-state index in [-0.39, 0.29) is 31.6 Å². The number of fused-ring (bicyclic) bond motifs is 3. The first kappa shape index (κ1) is 25.1. The smallest absolute Gasteiger partial charge is 0.407 e. The molecule has 0 bridgehead atoms. The number of nitrogens with zero attached hydrogens (tertiary/aromatic N) is 1. The highest BCUT2D eigenvalue weighted by Gasteiger charge is 2.42. The van der Waals surface area contributed by atoms with Gasteiger partial charge >= 0.3 is 12.1 Å². The second kappa shape index (κ2) is 11.1. The molecule has 1 aliphatic heterocycles. The highest BCUT2D eigenvalue weighted by molar-refractivity contribution is 7.98. The third-order valence-electron chi connectivity index (χ3n) is 6.71. The van der Waals surface area contributed by atoms with Gasteiger partial charge < -0.3 is 24.8 Å². The molecule has 4 rings (SSSR count). The van der Waals surface area contributed by atoms with Crippen molar-refractivity contribution in [3.05, 3.63) is 59.7 Å². The summed E-state index contributed by atoms with van der Waals surface area (Å²) in [6.45, 7) is 0.310. The molecule has 0 saturated carbocycles. The molecule has 1 fully saturated rings. The zero-order valence-electron chi connectivity index (χ0n) is 19.8. The van der Waals surface area contributed by atoms with Gasteiger partial charge in [-0.3, -0.25) is 4.79 Å². The van der Waals surface area contributed by atoms with Gasteiger partial charge in [-0.2, -0.15) is 11.8 Å². The lowest BCUT2D eigenvalue weighted by atomic mass is 9.98. The van der Waals surface area contributed by atoms with Gasteiger partial charge in [0, 0.05) is 26.0 Å². The number of carboxylic acids is 1. The van der Waals surface area contributed by atoms with Gasteiger partial charge in [0.2, 0.25) is 5.91 Å². The topological polar surface area (TPSA) is 105 Å². The Bertz CT molecular complexity index is 1050. The number of carbonyl (C=O) groups is 3. The summed E-state index contributed by atoms with van der Waals surface area (Å²) < 4.78 is 10.9. The molecule has 3 unspecified atom stereocenters. The number of nitrogens with one attached hydrogen (secondary N) is 1. The van der Waals surface area contributed by atoms with Crippen molar-refractivity contribution in [1.29, 1.82) is 0 Å². The number of benzene rings is 2. The molecule has 0 spiro atoms. The number of alkyl carbamates (subject to hydrolysis) is 1. The highest BCUT2D eigenvalue weighted by atomic mass is 32.2. The largest absolute Gasteiger partial charge is 0.480 e. The molecular weight excluding hydrogens is 468 g/mol. The predicted molar refractivity (Wildman–Crippen MR) is 134 cm³/mol. The van der Waals surface area contributed by atoms with Gasteiger partial charge in [-0.05, 0) is 40.7 Å². The van der Waals surface area contributed by atoms with E-state index < -0.39 is 30.1 Å². The van der Waals surface area contributed by atoms with Crippen molar-refractivity contribution in [2.24, 2.45) is 0 Å². The van der Waals surface area contributed by atoms with E-state index in [1.165, 1.54) is 12.0 Å². The first-order valence-corrected chi connectivity index (χ1v) is 13.0. The molecule has 0 radical (unpaired) electrons. The fourth-order valence-corrected chi connectivity index (χ4v) is 5.39. The van der Waals surface area contributed by atoms with E-state index in [0.29, 0.717) is 12.2 Å². The van der Waals surface area contributed by atoms with Crippen LogP contribution in [-0.4, -0.2) is 78.4 Å². The first-order chi connectivity index (χ1) is 16.9. The number of likely N-dealkylation sites (tertiary alicyclic amines) is 1. The summed E-state index contributed by atoms with van der Waals surface area (Å²) in [5, 5.41) is 12.3. The van der Waals surface area contributed by atoms with E-state index >= 15 is 0 Å². The number of amides is 2. The van der Waals surface area contributed by atoms with E-state index in [0.717, 1.165) is 22.3 Å². The molecule has 2 aromatic rings. The maximum atomic E-state index is 13.3. The third kappa shape index (κ3) is 5.31. The molecular formula is C26H30N2O6S. The first-order valence-electron chi connectivity index (χ1n) is 11.6. The van der Waals surface area contributed by atoms with Crippen LogP contribution in [0.15, 0.2) is 48.5 Å². The second-order valence-corrected chi connectivity index (χ2v) is 9.73. The zero-order valence-corrected chi connectivity index (χ0v) is 20.6. The molecule has 3 atom stereocenters. The summed E-state index contributed by atoms with van der Waals surface area (Å²) in [7, 11) is 1.50. The number of thioether (sulfide) groups is 1. The average molecular weight is 499 g/mol. The van der Waals surface area contributed by atoms with Crippen molar-refractivity contribution in [3.63, 3.8) is 0 Å². The number of hydrogen-bond acceptors (Lipinski definition) is 6. The fraction of sp³-hybridized carbons (Fsp3) is 0.423. The van der Waals surface area contributed by atoms with E-state index in [9.17, 15) is 19.5 Å². The van der Waals surface area contributed by atoms with E-state index in [2.05, 4.69) is 17.4 Å². The van der Waals surface area contributed by atoms with Gasteiger partial charge in [0.15, 0.2) is 0 Å². The molecule has 2 amide bonds. The number of rotatable bonds is 9. The highest BCUT2D eigenvalue weighted by Crippen LogP contribution is 2.44. The number of carboxylic acid groups (broad SMARTS) is 1. The Morgan fingerprint density at radius 2 is 1.74 bits per heavy atom. The summed E-state index contributed by atoms with van der Waals surface area (Å²) >= 11 is 1.54. The maximum absolute atomic E-state index is 13.3. The molecule has 186 valence electrons. The Balaban J connectivity index is 1.44. The Labute approximate surface area is 209 Å². The lowest BCUT2D eigenvalue weighted by molar-refractivity contribution is -0.149. The summed E-state index contributed by atoms with van der Waals surface area (Å²) in [5.41, 5.74) is 4.46. The minimum absolute atomic E-state index is 0.0917. The molecule has 9 heteroatoms. The molecule has 2 aromatic carbocycles. The van der Waals surface area contributed by atoms with Crippen LogP contribution in [0.4, 0.5) is 4.79 Å². The van der Waals surface area contributed by atoms with Gasteiger partial charge in [-0.25, -0.2) is 9.59 Å². The molecule has 35 heavy (non-hydrogen) atoms. The molecule has 1 saturated heterocycles. The summed E-state index contributed by atoms with van der Waals surface area (Å²) in [4.78, 5) is 39.1. The van der Waals surface area contributed by atoms with Crippen molar-refractivity contribution in [1.82, 2.24) is 10.2 Å². The van der Waals surface area contributed by atoms with Crippen LogP contribution in [0.2, 0.25) is 0 Å². The molecule has 2 aliphatic rings. The quantitative estimate of drug-likeness (QED) is 0.546. The Kier molecular flexibility index (Phi) is 7.97. The number of methoxy groups -OCH3 is 1. The van der Waals surface area contributed by atoms with Crippen LogP contribution < -0.4 is 5.32 Å². The lowest BCUT2D eigenvalue weighted by Gasteiger charge is -2.27. The summed E-state index contributed by atoms with van der Waals surface area (Å²) in [6.07, 6.45) is 1.45. The molecule has 0 aromatic heterocycles. The average Bonchev–Trinajstić information content (AvgIpc) is 3.45. The van der Waals surface area contributed by atoms with E-state index in [1.807, 2.05) is 42.7 Å². The summed E-state index contributed by atoms with van der Waals surface area (Å²) in [5.74, 6) is -0.979. The van der Waals surface area contributed by atoms with E-state index in [4.69, 9.17) is 9.47 Å². The van der Waals surface area contributed by atoms with E-state index in [1.54, 1.807) is 11.8 Å². The minimum Gasteiger partial charge on any atom is -0.480 e. The van der Waals surface area contributed by atoms with Crippen molar-refractivity contribution < 1.29 is 29.0 Å². The van der Waals surface area contributed by atoms with Crippen molar-refractivity contribution in [2.45, 2.75) is 36.9 Å². The molecule has 1 heterocycles. The van der Waals surface area contributed by atoms with Gasteiger partial charge in [0.05, 0.1) is 6.10 Å².